The molecule has 0 saturated carbocycles. The highest BCUT2D eigenvalue weighted by atomic mass is 16.4. The summed E-state index contributed by atoms with van der Waals surface area (Å²) in [4.78, 5) is 10.1. The SMILES string of the molecule is O=C(O)C#CC(O)Cc1ccccc1. The highest BCUT2D eigenvalue weighted by molar-refractivity contribution is 5.86. The third-order valence-corrected chi connectivity index (χ3v) is 1.62. The molecule has 0 bridgehead atoms. The van der Waals surface area contributed by atoms with Gasteiger partial charge in [-0.1, -0.05) is 36.3 Å². The molecule has 1 rings (SSSR count). The van der Waals surface area contributed by atoms with E-state index in [1.54, 1.807) is 0 Å². The van der Waals surface area contributed by atoms with Crippen molar-refractivity contribution in [1.29, 1.82) is 0 Å². The van der Waals surface area contributed by atoms with E-state index in [0.29, 0.717) is 6.42 Å². The Balaban J connectivity index is 2.55. The first-order valence-corrected chi connectivity index (χ1v) is 4.15. The fourth-order valence-electron chi connectivity index (χ4n) is 1.03. The number of rotatable bonds is 2. The maximum atomic E-state index is 10.1. The minimum absolute atomic E-state index is 0.348. The molecule has 0 heterocycles. The zero-order chi connectivity index (χ0) is 10.4. The van der Waals surface area contributed by atoms with Crippen LogP contribution in [0.4, 0.5) is 0 Å². The highest BCUT2D eigenvalue weighted by Gasteiger charge is 2.00. The summed E-state index contributed by atoms with van der Waals surface area (Å²) in [5, 5.41) is 17.6. The number of aliphatic hydroxyl groups is 1. The van der Waals surface area contributed by atoms with Crippen molar-refractivity contribution in [3.8, 4) is 11.8 Å². The fourth-order valence-corrected chi connectivity index (χ4v) is 1.03. The first-order valence-electron chi connectivity index (χ1n) is 4.15. The van der Waals surface area contributed by atoms with Gasteiger partial charge < -0.3 is 10.2 Å². The molecule has 1 aromatic rings. The van der Waals surface area contributed by atoms with Crippen LogP contribution in [0.5, 0.6) is 0 Å². The second kappa shape index (κ2) is 5.05. The van der Waals surface area contributed by atoms with Crippen molar-refractivity contribution in [2.75, 3.05) is 0 Å². The predicted molar refractivity (Wildman–Crippen MR) is 51.6 cm³/mol. The van der Waals surface area contributed by atoms with Crippen molar-refractivity contribution in [2.24, 2.45) is 0 Å². The van der Waals surface area contributed by atoms with Crippen LogP contribution in [0, 0.1) is 11.8 Å². The minimum Gasteiger partial charge on any atom is -0.472 e. The summed E-state index contributed by atoms with van der Waals surface area (Å²) in [5.41, 5.74) is 0.930. The van der Waals surface area contributed by atoms with E-state index >= 15 is 0 Å². The van der Waals surface area contributed by atoms with Crippen molar-refractivity contribution in [2.45, 2.75) is 12.5 Å². The summed E-state index contributed by atoms with van der Waals surface area (Å²) in [7, 11) is 0. The van der Waals surface area contributed by atoms with E-state index in [2.05, 4.69) is 5.92 Å². The first-order chi connectivity index (χ1) is 6.68. The molecule has 3 nitrogen and oxygen atoms in total. The molecular formula is C11H10O3. The minimum atomic E-state index is -1.22. The topological polar surface area (TPSA) is 57.5 Å². The molecule has 2 N–H and O–H groups in total. The van der Waals surface area contributed by atoms with E-state index in [1.165, 1.54) is 0 Å². The summed E-state index contributed by atoms with van der Waals surface area (Å²) in [6.07, 6.45) is -0.574. The number of aliphatic hydroxyl groups excluding tert-OH is 1. The molecule has 1 aromatic carbocycles. The van der Waals surface area contributed by atoms with Crippen molar-refractivity contribution >= 4 is 5.97 Å². The van der Waals surface area contributed by atoms with E-state index in [1.807, 2.05) is 36.3 Å². The molecule has 0 amide bonds. The first kappa shape index (κ1) is 10.3. The molecule has 0 fully saturated rings. The van der Waals surface area contributed by atoms with Crippen LogP contribution in [0.25, 0.3) is 0 Å². The van der Waals surface area contributed by atoms with Crippen LogP contribution in [0.3, 0.4) is 0 Å². The van der Waals surface area contributed by atoms with Crippen LogP contribution in [-0.2, 0) is 11.2 Å². The van der Waals surface area contributed by atoms with Gasteiger partial charge in [0.15, 0.2) is 0 Å². The van der Waals surface area contributed by atoms with Gasteiger partial charge in [0.2, 0.25) is 0 Å². The van der Waals surface area contributed by atoms with Crippen LogP contribution in [0.2, 0.25) is 0 Å². The molecule has 1 atom stereocenters. The number of carboxylic acid groups (broad SMARTS) is 1. The van der Waals surface area contributed by atoms with Crippen molar-refractivity contribution < 1.29 is 15.0 Å². The third kappa shape index (κ3) is 3.74. The number of hydrogen-bond donors (Lipinski definition) is 2. The van der Waals surface area contributed by atoms with Crippen molar-refractivity contribution in [1.82, 2.24) is 0 Å². The van der Waals surface area contributed by atoms with Gasteiger partial charge in [0, 0.05) is 12.3 Å². The lowest BCUT2D eigenvalue weighted by molar-refractivity contribution is -0.130. The average Bonchev–Trinajstić information content (AvgIpc) is 2.16. The Morgan fingerprint density at radius 2 is 2.00 bits per heavy atom. The molecule has 0 aliphatic heterocycles. The molecule has 14 heavy (non-hydrogen) atoms. The lowest BCUT2D eigenvalue weighted by Crippen LogP contribution is -2.07. The Labute approximate surface area is 82.0 Å². The van der Waals surface area contributed by atoms with E-state index in [4.69, 9.17) is 5.11 Å². The average molecular weight is 190 g/mol. The molecular weight excluding hydrogens is 180 g/mol. The van der Waals surface area contributed by atoms with Gasteiger partial charge in [-0.15, -0.1) is 0 Å². The summed E-state index contributed by atoms with van der Waals surface area (Å²) in [6.45, 7) is 0. The number of carboxylic acids is 1. The van der Waals surface area contributed by atoms with E-state index in [-0.39, 0.29) is 0 Å². The van der Waals surface area contributed by atoms with E-state index < -0.39 is 12.1 Å². The van der Waals surface area contributed by atoms with Gasteiger partial charge in [-0.25, -0.2) is 4.79 Å². The Kier molecular flexibility index (Phi) is 3.71. The number of benzene rings is 1. The largest absolute Gasteiger partial charge is 0.472 e. The standard InChI is InChI=1S/C11H10O3/c12-10(6-7-11(13)14)8-9-4-2-1-3-5-9/h1-5,10,12H,8H2,(H,13,14). The van der Waals surface area contributed by atoms with Gasteiger partial charge in [-0.2, -0.15) is 0 Å². The van der Waals surface area contributed by atoms with Crippen LogP contribution in [0.15, 0.2) is 30.3 Å². The lowest BCUT2D eigenvalue weighted by atomic mass is 10.1. The predicted octanol–water partition coefficient (Wildman–Crippen LogP) is 0.678. The van der Waals surface area contributed by atoms with Gasteiger partial charge in [0.05, 0.1) is 0 Å². The molecule has 0 spiro atoms. The number of hydrogen-bond acceptors (Lipinski definition) is 2. The zero-order valence-corrected chi connectivity index (χ0v) is 7.47. The molecule has 1 unspecified atom stereocenters. The summed E-state index contributed by atoms with van der Waals surface area (Å²) in [6, 6.07) is 9.29. The van der Waals surface area contributed by atoms with Crippen molar-refractivity contribution in [3.05, 3.63) is 35.9 Å². The monoisotopic (exact) mass is 190 g/mol. The van der Waals surface area contributed by atoms with Gasteiger partial charge in [0.25, 0.3) is 0 Å². The van der Waals surface area contributed by atoms with Gasteiger partial charge in [-0.3, -0.25) is 0 Å². The van der Waals surface area contributed by atoms with Crippen LogP contribution in [0.1, 0.15) is 5.56 Å². The summed E-state index contributed by atoms with van der Waals surface area (Å²) >= 11 is 0. The summed E-state index contributed by atoms with van der Waals surface area (Å²) < 4.78 is 0. The smallest absolute Gasteiger partial charge is 0.381 e. The number of carbonyl (C=O) groups is 1. The highest BCUT2D eigenvalue weighted by Crippen LogP contribution is 2.01. The Morgan fingerprint density at radius 1 is 1.36 bits per heavy atom. The van der Waals surface area contributed by atoms with Crippen LogP contribution >= 0.6 is 0 Å². The molecule has 0 aliphatic carbocycles. The van der Waals surface area contributed by atoms with E-state index in [9.17, 15) is 9.90 Å². The quantitative estimate of drug-likeness (QED) is 0.674. The second-order valence-corrected chi connectivity index (χ2v) is 2.78. The van der Waals surface area contributed by atoms with Gasteiger partial charge in [-0.05, 0) is 5.56 Å². The van der Waals surface area contributed by atoms with Crippen molar-refractivity contribution in [3.63, 3.8) is 0 Å². The number of aliphatic carboxylic acids is 1. The molecule has 72 valence electrons. The maximum absolute atomic E-state index is 10.1. The molecule has 0 radical (unpaired) electrons. The zero-order valence-electron chi connectivity index (χ0n) is 7.47. The Morgan fingerprint density at radius 3 is 2.57 bits per heavy atom. The van der Waals surface area contributed by atoms with Crippen LogP contribution in [-0.4, -0.2) is 22.3 Å². The van der Waals surface area contributed by atoms with Gasteiger partial charge >= 0.3 is 5.97 Å². The summed E-state index contributed by atoms with van der Waals surface area (Å²) in [5.74, 6) is 2.89. The van der Waals surface area contributed by atoms with Crippen LogP contribution < -0.4 is 0 Å². The lowest BCUT2D eigenvalue weighted by Gasteiger charge is -2.01. The van der Waals surface area contributed by atoms with Gasteiger partial charge in [0.1, 0.15) is 6.10 Å². The molecule has 3 heteroatoms. The Bertz CT molecular complexity index is 359. The maximum Gasteiger partial charge on any atom is 0.381 e. The molecule has 0 aromatic heterocycles. The normalized spacial score (nSPS) is 11.2. The fraction of sp³-hybridized carbons (Fsp3) is 0.182. The molecule has 0 aliphatic rings. The van der Waals surface area contributed by atoms with E-state index in [0.717, 1.165) is 5.56 Å². The third-order valence-electron chi connectivity index (χ3n) is 1.62. The molecule has 0 saturated heterocycles. The second-order valence-electron chi connectivity index (χ2n) is 2.78. The Hall–Kier alpha value is -1.79.